The molecule has 1 aromatic carbocycles. The van der Waals surface area contributed by atoms with Crippen molar-refractivity contribution in [2.45, 2.75) is 26.2 Å². The van der Waals surface area contributed by atoms with Crippen molar-refractivity contribution in [2.75, 3.05) is 6.61 Å². The third-order valence-corrected chi connectivity index (χ3v) is 3.34. The molecule has 25 heavy (non-hydrogen) atoms. The van der Waals surface area contributed by atoms with Crippen molar-refractivity contribution in [1.29, 1.82) is 0 Å². The van der Waals surface area contributed by atoms with Gasteiger partial charge in [-0.05, 0) is 29.7 Å². The zero-order chi connectivity index (χ0) is 18.3. The molecule has 2 aromatic rings. The van der Waals surface area contributed by atoms with Crippen LogP contribution in [0.3, 0.4) is 0 Å². The van der Waals surface area contributed by atoms with E-state index in [1.807, 2.05) is 31.2 Å². The minimum atomic E-state index is -4.43. The van der Waals surface area contributed by atoms with E-state index >= 15 is 0 Å². The number of amides is 2. The fraction of sp³-hybridized carbons (Fsp3) is 0.294. The molecule has 1 heterocycles. The molecule has 2 N–H and O–H groups in total. The number of carbonyl (C=O) groups excluding carboxylic acids is 1. The summed E-state index contributed by atoms with van der Waals surface area (Å²) in [5, 5.41) is 5.36. The first-order chi connectivity index (χ1) is 11.8. The van der Waals surface area contributed by atoms with Crippen LogP contribution in [0.25, 0.3) is 0 Å². The monoisotopic (exact) mass is 353 g/mol. The van der Waals surface area contributed by atoms with Crippen LogP contribution < -0.4 is 15.4 Å². The number of halogens is 3. The number of urea groups is 1. The van der Waals surface area contributed by atoms with Crippen molar-refractivity contribution >= 4 is 6.03 Å². The molecule has 0 bridgehead atoms. The largest absolute Gasteiger partial charge is 0.468 e. The fourth-order valence-electron chi connectivity index (χ4n) is 2.02. The van der Waals surface area contributed by atoms with E-state index in [9.17, 15) is 18.0 Å². The van der Waals surface area contributed by atoms with Gasteiger partial charge in [0, 0.05) is 25.4 Å². The number of aryl methyl sites for hydroxylation is 1. The van der Waals surface area contributed by atoms with Crippen molar-refractivity contribution in [2.24, 2.45) is 0 Å². The molecule has 0 fully saturated rings. The maximum absolute atomic E-state index is 12.1. The van der Waals surface area contributed by atoms with Crippen LogP contribution in [0.4, 0.5) is 18.0 Å². The van der Waals surface area contributed by atoms with Crippen LogP contribution in [0.1, 0.15) is 16.7 Å². The first-order valence-corrected chi connectivity index (χ1v) is 7.54. The average molecular weight is 353 g/mol. The summed E-state index contributed by atoms with van der Waals surface area (Å²) < 4.78 is 41.0. The Morgan fingerprint density at radius 2 is 1.88 bits per heavy atom. The predicted molar refractivity (Wildman–Crippen MR) is 86.0 cm³/mol. The lowest BCUT2D eigenvalue weighted by atomic mass is 10.1. The highest BCUT2D eigenvalue weighted by molar-refractivity contribution is 5.73. The number of ether oxygens (including phenoxy) is 1. The Labute approximate surface area is 143 Å². The second kappa shape index (κ2) is 8.36. The summed E-state index contributed by atoms with van der Waals surface area (Å²) in [5.74, 6) is -0.142. The molecule has 134 valence electrons. The van der Waals surface area contributed by atoms with Gasteiger partial charge in [0.25, 0.3) is 0 Å². The van der Waals surface area contributed by atoms with E-state index in [0.29, 0.717) is 12.1 Å². The van der Waals surface area contributed by atoms with Crippen LogP contribution in [0.15, 0.2) is 42.6 Å². The summed E-state index contributed by atoms with van der Waals surface area (Å²) in [6.45, 7) is 1.07. The van der Waals surface area contributed by atoms with Crippen molar-refractivity contribution in [3.05, 3.63) is 59.3 Å². The number of hydrogen-bond acceptors (Lipinski definition) is 3. The summed E-state index contributed by atoms with van der Waals surface area (Å²) in [6, 6.07) is 10.2. The van der Waals surface area contributed by atoms with Gasteiger partial charge in [-0.25, -0.2) is 9.78 Å². The molecule has 0 spiro atoms. The fourth-order valence-corrected chi connectivity index (χ4v) is 2.02. The zero-order valence-corrected chi connectivity index (χ0v) is 13.6. The lowest BCUT2D eigenvalue weighted by Crippen LogP contribution is -2.34. The second-order valence-electron chi connectivity index (χ2n) is 5.37. The molecule has 0 aliphatic carbocycles. The number of pyridine rings is 1. The molecule has 0 radical (unpaired) electrons. The maximum atomic E-state index is 12.1. The van der Waals surface area contributed by atoms with Gasteiger partial charge in [-0.3, -0.25) is 0 Å². The number of aromatic nitrogens is 1. The van der Waals surface area contributed by atoms with Crippen LogP contribution in [-0.4, -0.2) is 23.8 Å². The van der Waals surface area contributed by atoms with Gasteiger partial charge in [0.15, 0.2) is 6.61 Å². The first kappa shape index (κ1) is 18.6. The molecule has 1 aromatic heterocycles. The first-order valence-electron chi connectivity index (χ1n) is 7.54. The van der Waals surface area contributed by atoms with E-state index in [4.69, 9.17) is 0 Å². The predicted octanol–water partition coefficient (Wildman–Crippen LogP) is 3.33. The van der Waals surface area contributed by atoms with E-state index in [-0.39, 0.29) is 18.5 Å². The molecule has 0 aliphatic heterocycles. The molecule has 8 heteroatoms. The topological polar surface area (TPSA) is 63.2 Å². The Balaban J connectivity index is 1.80. The van der Waals surface area contributed by atoms with Gasteiger partial charge in [-0.15, -0.1) is 0 Å². The van der Waals surface area contributed by atoms with Gasteiger partial charge >= 0.3 is 12.2 Å². The summed E-state index contributed by atoms with van der Waals surface area (Å²) in [5.41, 5.74) is 2.66. The Morgan fingerprint density at radius 1 is 1.16 bits per heavy atom. The Kier molecular flexibility index (Phi) is 6.21. The molecule has 2 rings (SSSR count). The van der Waals surface area contributed by atoms with Crippen LogP contribution in [-0.2, 0) is 13.1 Å². The van der Waals surface area contributed by atoms with E-state index in [1.165, 1.54) is 12.3 Å². The molecule has 0 unspecified atom stereocenters. The molecule has 0 saturated carbocycles. The quantitative estimate of drug-likeness (QED) is 0.837. The number of nitrogens with zero attached hydrogens (tertiary/aromatic N) is 1. The van der Waals surface area contributed by atoms with Crippen molar-refractivity contribution in [3.63, 3.8) is 0 Å². The third kappa shape index (κ3) is 6.70. The summed E-state index contributed by atoms with van der Waals surface area (Å²) in [7, 11) is 0. The molecule has 2 amide bonds. The average Bonchev–Trinajstić information content (AvgIpc) is 2.57. The number of rotatable bonds is 6. The van der Waals surface area contributed by atoms with Crippen LogP contribution in [0.5, 0.6) is 5.88 Å². The smallest absolute Gasteiger partial charge is 0.422 e. The van der Waals surface area contributed by atoms with E-state index in [2.05, 4.69) is 20.4 Å². The molecule has 0 atom stereocenters. The minimum Gasteiger partial charge on any atom is -0.468 e. The SMILES string of the molecule is Cc1ccccc1CNC(=O)NCc1ccnc(OCC(F)(F)F)c1. The number of alkyl halides is 3. The van der Waals surface area contributed by atoms with Crippen LogP contribution in [0, 0.1) is 6.92 Å². The highest BCUT2D eigenvalue weighted by Gasteiger charge is 2.28. The van der Waals surface area contributed by atoms with Crippen LogP contribution in [0.2, 0.25) is 0 Å². The van der Waals surface area contributed by atoms with E-state index in [1.54, 1.807) is 6.07 Å². The maximum Gasteiger partial charge on any atom is 0.422 e. The number of benzene rings is 1. The summed E-state index contributed by atoms with van der Waals surface area (Å²) in [4.78, 5) is 15.5. The Hall–Kier alpha value is -2.77. The lowest BCUT2D eigenvalue weighted by molar-refractivity contribution is -0.154. The standard InChI is InChI=1S/C17H18F3N3O2/c1-12-4-2-3-5-14(12)10-23-16(24)22-9-13-6-7-21-15(8-13)25-11-17(18,19)20/h2-8H,9-11H2,1H3,(H2,22,23,24). The van der Waals surface area contributed by atoms with Gasteiger partial charge in [0.1, 0.15) is 0 Å². The number of nitrogens with one attached hydrogen (secondary N) is 2. The molecule has 0 aliphatic rings. The molecule has 0 saturated heterocycles. The highest BCUT2D eigenvalue weighted by atomic mass is 19.4. The van der Waals surface area contributed by atoms with Crippen LogP contribution >= 0.6 is 0 Å². The van der Waals surface area contributed by atoms with Crippen molar-refractivity contribution in [3.8, 4) is 5.88 Å². The summed E-state index contributed by atoms with van der Waals surface area (Å²) >= 11 is 0. The van der Waals surface area contributed by atoms with Gasteiger partial charge in [-0.1, -0.05) is 24.3 Å². The van der Waals surface area contributed by atoms with E-state index in [0.717, 1.165) is 11.1 Å². The van der Waals surface area contributed by atoms with Crippen molar-refractivity contribution < 1.29 is 22.7 Å². The Bertz CT molecular complexity index is 720. The normalized spacial score (nSPS) is 11.0. The van der Waals surface area contributed by atoms with Gasteiger partial charge in [-0.2, -0.15) is 13.2 Å². The highest BCUT2D eigenvalue weighted by Crippen LogP contribution is 2.17. The Morgan fingerprint density at radius 3 is 2.60 bits per heavy atom. The van der Waals surface area contributed by atoms with Gasteiger partial charge in [0.2, 0.25) is 5.88 Å². The second-order valence-corrected chi connectivity index (χ2v) is 5.37. The minimum absolute atomic E-state index is 0.142. The summed E-state index contributed by atoms with van der Waals surface area (Å²) in [6.07, 6.45) is -3.10. The lowest BCUT2D eigenvalue weighted by Gasteiger charge is -2.11. The molecule has 5 nitrogen and oxygen atoms in total. The van der Waals surface area contributed by atoms with Gasteiger partial charge < -0.3 is 15.4 Å². The van der Waals surface area contributed by atoms with Gasteiger partial charge in [0.05, 0.1) is 0 Å². The molecular formula is C17H18F3N3O2. The molecular weight excluding hydrogens is 335 g/mol. The number of carbonyl (C=O) groups is 1. The number of hydrogen-bond donors (Lipinski definition) is 2. The third-order valence-electron chi connectivity index (χ3n) is 3.34. The van der Waals surface area contributed by atoms with Crippen molar-refractivity contribution in [1.82, 2.24) is 15.6 Å². The zero-order valence-electron chi connectivity index (χ0n) is 13.6. The van der Waals surface area contributed by atoms with E-state index < -0.39 is 12.8 Å².